The molecule has 2 atom stereocenters. The van der Waals surface area contributed by atoms with Crippen molar-refractivity contribution in [2.24, 2.45) is 0 Å². The molecule has 146 valence electrons. The number of benzene rings is 1. The van der Waals surface area contributed by atoms with Gasteiger partial charge >= 0.3 is 6.03 Å². The molecule has 4 N–H and O–H groups in total. The molecule has 1 aliphatic heterocycles. The number of amides is 3. The van der Waals surface area contributed by atoms with Crippen LogP contribution >= 0.6 is 12.4 Å². The lowest BCUT2D eigenvalue weighted by Gasteiger charge is -2.19. The fourth-order valence-corrected chi connectivity index (χ4v) is 2.83. The molecule has 0 spiro atoms. The van der Waals surface area contributed by atoms with Crippen LogP contribution < -0.4 is 21.3 Å². The second kappa shape index (κ2) is 11.7. The van der Waals surface area contributed by atoms with Crippen molar-refractivity contribution in [3.05, 3.63) is 35.6 Å². The molecular weight excluding hydrogens is 359 g/mol. The molecule has 0 aliphatic carbocycles. The van der Waals surface area contributed by atoms with E-state index in [0.717, 1.165) is 31.4 Å². The van der Waals surface area contributed by atoms with E-state index in [-0.39, 0.29) is 30.7 Å². The van der Waals surface area contributed by atoms with Crippen LogP contribution in [0.1, 0.15) is 38.2 Å². The first kappa shape index (κ1) is 22.2. The van der Waals surface area contributed by atoms with Crippen molar-refractivity contribution >= 4 is 24.3 Å². The smallest absolute Gasteiger partial charge is 0.315 e. The van der Waals surface area contributed by atoms with Gasteiger partial charge in [-0.15, -0.1) is 12.4 Å². The van der Waals surface area contributed by atoms with E-state index in [9.17, 15) is 14.0 Å². The van der Waals surface area contributed by atoms with Crippen LogP contribution in [0.5, 0.6) is 0 Å². The molecule has 1 aromatic rings. The van der Waals surface area contributed by atoms with Gasteiger partial charge in [-0.3, -0.25) is 4.79 Å². The van der Waals surface area contributed by atoms with Gasteiger partial charge in [0.2, 0.25) is 5.91 Å². The summed E-state index contributed by atoms with van der Waals surface area (Å²) in [6, 6.07) is 5.27. The van der Waals surface area contributed by atoms with Gasteiger partial charge in [-0.25, -0.2) is 9.18 Å². The van der Waals surface area contributed by atoms with Crippen LogP contribution in [0.25, 0.3) is 0 Å². The third kappa shape index (κ3) is 7.58. The Hall–Kier alpha value is -1.86. The van der Waals surface area contributed by atoms with Crippen LogP contribution in [0.2, 0.25) is 0 Å². The van der Waals surface area contributed by atoms with E-state index < -0.39 is 12.1 Å². The van der Waals surface area contributed by atoms with Gasteiger partial charge in [0, 0.05) is 19.1 Å². The summed E-state index contributed by atoms with van der Waals surface area (Å²) < 4.78 is 12.9. The number of halogens is 2. The Morgan fingerprint density at radius 2 is 2.00 bits per heavy atom. The van der Waals surface area contributed by atoms with Gasteiger partial charge in [0.15, 0.2) is 0 Å². The van der Waals surface area contributed by atoms with Crippen molar-refractivity contribution in [2.75, 3.05) is 13.1 Å². The highest BCUT2D eigenvalue weighted by Gasteiger charge is 2.21. The lowest BCUT2D eigenvalue weighted by molar-refractivity contribution is -0.123. The molecule has 1 fully saturated rings. The first-order valence-corrected chi connectivity index (χ1v) is 8.88. The molecule has 0 bridgehead atoms. The average molecular weight is 387 g/mol. The molecule has 0 saturated carbocycles. The molecule has 2 unspecified atom stereocenters. The molecule has 3 amide bonds. The van der Waals surface area contributed by atoms with E-state index >= 15 is 0 Å². The molecular formula is C18H28ClFN4O2. The first-order valence-electron chi connectivity index (χ1n) is 8.88. The summed E-state index contributed by atoms with van der Waals surface area (Å²) in [7, 11) is 0. The summed E-state index contributed by atoms with van der Waals surface area (Å²) >= 11 is 0. The SMILES string of the molecule is CCCC(NC(=O)NCc1ccc(F)cc1)C(=O)NCC1CCCN1.Cl. The fourth-order valence-electron chi connectivity index (χ4n) is 2.83. The third-order valence-corrected chi connectivity index (χ3v) is 4.25. The summed E-state index contributed by atoms with van der Waals surface area (Å²) in [5, 5.41) is 11.6. The highest BCUT2D eigenvalue weighted by molar-refractivity contribution is 5.87. The zero-order chi connectivity index (χ0) is 18.1. The van der Waals surface area contributed by atoms with Crippen molar-refractivity contribution < 1.29 is 14.0 Å². The lowest BCUT2D eigenvalue weighted by atomic mass is 10.1. The number of rotatable bonds is 8. The molecule has 6 nitrogen and oxygen atoms in total. The van der Waals surface area contributed by atoms with E-state index in [1.54, 1.807) is 12.1 Å². The Balaban J connectivity index is 0.00000338. The highest BCUT2D eigenvalue weighted by Crippen LogP contribution is 2.04. The molecule has 26 heavy (non-hydrogen) atoms. The van der Waals surface area contributed by atoms with Crippen molar-refractivity contribution in [3.8, 4) is 0 Å². The molecule has 1 aromatic carbocycles. The lowest BCUT2D eigenvalue weighted by Crippen LogP contribution is -2.51. The second-order valence-corrected chi connectivity index (χ2v) is 6.33. The number of hydrogen-bond acceptors (Lipinski definition) is 3. The monoisotopic (exact) mass is 386 g/mol. The number of nitrogens with one attached hydrogen (secondary N) is 4. The topological polar surface area (TPSA) is 82.3 Å². The van der Waals surface area contributed by atoms with Gasteiger partial charge in [0.05, 0.1) is 0 Å². The van der Waals surface area contributed by atoms with Gasteiger partial charge in [-0.05, 0) is 43.5 Å². The molecule has 1 saturated heterocycles. The van der Waals surface area contributed by atoms with Gasteiger partial charge in [0.25, 0.3) is 0 Å². The van der Waals surface area contributed by atoms with Crippen molar-refractivity contribution in [2.45, 2.75) is 51.2 Å². The molecule has 0 radical (unpaired) electrons. The number of hydrogen-bond donors (Lipinski definition) is 4. The van der Waals surface area contributed by atoms with E-state index in [4.69, 9.17) is 0 Å². The van der Waals surface area contributed by atoms with Gasteiger partial charge in [0.1, 0.15) is 11.9 Å². The summed E-state index contributed by atoms with van der Waals surface area (Å²) in [6.45, 7) is 3.82. The second-order valence-electron chi connectivity index (χ2n) is 6.33. The molecule has 8 heteroatoms. The maximum atomic E-state index is 12.9. The van der Waals surface area contributed by atoms with Gasteiger partial charge in [-0.1, -0.05) is 25.5 Å². The standard InChI is InChI=1S/C18H27FN4O2.ClH/c1-2-4-16(17(24)21-12-15-5-3-10-20-15)23-18(25)22-11-13-6-8-14(19)9-7-13;/h6-9,15-16,20H,2-5,10-12H2,1H3,(H,21,24)(H2,22,23,25);1H. The third-order valence-electron chi connectivity index (χ3n) is 4.25. The molecule has 1 heterocycles. The molecule has 1 aliphatic rings. The highest BCUT2D eigenvalue weighted by atomic mass is 35.5. The molecule has 2 rings (SSSR count). The Morgan fingerprint density at radius 3 is 2.62 bits per heavy atom. The van der Waals surface area contributed by atoms with Crippen LogP contribution in [-0.2, 0) is 11.3 Å². The minimum atomic E-state index is -0.556. The zero-order valence-electron chi connectivity index (χ0n) is 15.0. The Bertz CT molecular complexity index is 565. The predicted octanol–water partition coefficient (Wildman–Crippen LogP) is 2.08. The number of carbonyl (C=O) groups is 2. The average Bonchev–Trinajstić information content (AvgIpc) is 3.12. The van der Waals surface area contributed by atoms with E-state index in [0.29, 0.717) is 19.0 Å². The normalized spacial score (nSPS) is 17.1. The maximum absolute atomic E-state index is 12.9. The van der Waals surface area contributed by atoms with Crippen LogP contribution in [-0.4, -0.2) is 37.1 Å². The van der Waals surface area contributed by atoms with Gasteiger partial charge < -0.3 is 21.3 Å². The first-order chi connectivity index (χ1) is 12.1. The van der Waals surface area contributed by atoms with Gasteiger partial charge in [-0.2, -0.15) is 0 Å². The quantitative estimate of drug-likeness (QED) is 0.552. The largest absolute Gasteiger partial charge is 0.353 e. The summed E-state index contributed by atoms with van der Waals surface area (Å²) in [5.74, 6) is -0.475. The number of urea groups is 1. The van der Waals surface area contributed by atoms with Crippen LogP contribution in [0.15, 0.2) is 24.3 Å². The van der Waals surface area contributed by atoms with E-state index in [2.05, 4.69) is 21.3 Å². The van der Waals surface area contributed by atoms with Crippen molar-refractivity contribution in [1.82, 2.24) is 21.3 Å². The maximum Gasteiger partial charge on any atom is 0.315 e. The summed E-state index contributed by atoms with van der Waals surface area (Å²) in [5.41, 5.74) is 0.792. The Labute approximate surface area is 160 Å². The van der Waals surface area contributed by atoms with Crippen molar-refractivity contribution in [3.63, 3.8) is 0 Å². The zero-order valence-corrected chi connectivity index (χ0v) is 15.8. The summed E-state index contributed by atoms with van der Waals surface area (Å²) in [6.07, 6.45) is 3.55. The Kier molecular flexibility index (Phi) is 9.98. The van der Waals surface area contributed by atoms with Crippen LogP contribution in [0, 0.1) is 5.82 Å². The Morgan fingerprint density at radius 1 is 1.27 bits per heavy atom. The fraction of sp³-hybridized carbons (Fsp3) is 0.556. The number of carbonyl (C=O) groups excluding carboxylic acids is 2. The van der Waals surface area contributed by atoms with Crippen molar-refractivity contribution in [1.29, 1.82) is 0 Å². The van der Waals surface area contributed by atoms with E-state index in [1.165, 1.54) is 12.1 Å². The van der Waals surface area contributed by atoms with Crippen LogP contribution in [0.4, 0.5) is 9.18 Å². The minimum absolute atomic E-state index is 0. The molecule has 0 aromatic heterocycles. The minimum Gasteiger partial charge on any atom is -0.353 e. The summed E-state index contributed by atoms with van der Waals surface area (Å²) in [4.78, 5) is 24.4. The van der Waals surface area contributed by atoms with E-state index in [1.807, 2.05) is 6.92 Å². The predicted molar refractivity (Wildman–Crippen MR) is 102 cm³/mol. The van der Waals surface area contributed by atoms with Crippen LogP contribution in [0.3, 0.4) is 0 Å².